The lowest BCUT2D eigenvalue weighted by atomic mass is 10.1. The number of carbonyl (C=O) groups excluding carboxylic acids is 1. The van der Waals surface area contributed by atoms with Crippen molar-refractivity contribution in [2.24, 2.45) is 9.39 Å². The minimum absolute atomic E-state index is 0.0903. The van der Waals surface area contributed by atoms with Crippen LogP contribution in [0.15, 0.2) is 57.6 Å². The van der Waals surface area contributed by atoms with Gasteiger partial charge in [0.1, 0.15) is 11.6 Å². The fourth-order valence-electron chi connectivity index (χ4n) is 2.90. The summed E-state index contributed by atoms with van der Waals surface area (Å²) in [6.45, 7) is 2.56. The Morgan fingerprint density at radius 3 is 2.79 bits per heavy atom. The molecule has 2 aliphatic heterocycles. The number of aliphatic imine (C=N–C) groups is 1. The van der Waals surface area contributed by atoms with E-state index in [0.717, 1.165) is 29.1 Å². The van der Waals surface area contributed by atoms with Crippen LogP contribution in [0.25, 0.3) is 11.8 Å². The second kappa shape index (κ2) is 7.69. The Labute approximate surface area is 170 Å². The smallest absolute Gasteiger partial charge is 0.283 e. The standard InChI is InChI=1S/C19H17N5O2S2/c1-3-26-14-8-6-12(7-9-14)23-10-4-5-13(23)11-15-16(20)24-18(21-17(15)25)28-22-19(24)27-2/h4-11,20H,3H2,1-2H3/b15-11-,20-16?. The van der Waals surface area contributed by atoms with Crippen molar-refractivity contribution < 1.29 is 9.53 Å². The fraction of sp³-hybridized carbons (Fsp3) is 0.158. The summed E-state index contributed by atoms with van der Waals surface area (Å²) < 4.78 is 11.7. The van der Waals surface area contributed by atoms with Gasteiger partial charge in [-0.1, -0.05) is 11.8 Å². The fourth-order valence-corrected chi connectivity index (χ4v) is 4.35. The maximum absolute atomic E-state index is 12.5. The number of hydrogen-bond acceptors (Lipinski definition) is 6. The average Bonchev–Trinajstić information content (AvgIpc) is 3.32. The molecule has 142 valence electrons. The van der Waals surface area contributed by atoms with Gasteiger partial charge in [0.05, 0.1) is 24.1 Å². The van der Waals surface area contributed by atoms with Crippen molar-refractivity contribution >= 4 is 51.9 Å². The molecule has 0 aliphatic carbocycles. The quantitative estimate of drug-likeness (QED) is 0.611. The van der Waals surface area contributed by atoms with E-state index < -0.39 is 5.91 Å². The van der Waals surface area contributed by atoms with E-state index in [9.17, 15) is 4.79 Å². The molecule has 0 radical (unpaired) electrons. The number of thioether (sulfide) groups is 1. The number of benzene rings is 1. The average molecular weight is 412 g/mol. The van der Waals surface area contributed by atoms with Gasteiger partial charge in [-0.15, -0.1) is 0 Å². The van der Waals surface area contributed by atoms with Gasteiger partial charge in [0.2, 0.25) is 5.17 Å². The number of nitrogens with zero attached hydrogens (tertiary/aromatic N) is 4. The summed E-state index contributed by atoms with van der Waals surface area (Å²) in [6.07, 6.45) is 5.49. The minimum Gasteiger partial charge on any atom is -0.494 e. The van der Waals surface area contributed by atoms with Crippen molar-refractivity contribution in [1.29, 1.82) is 5.41 Å². The highest BCUT2D eigenvalue weighted by Gasteiger charge is 2.37. The normalized spacial score (nSPS) is 17.6. The van der Waals surface area contributed by atoms with E-state index in [-0.39, 0.29) is 11.4 Å². The van der Waals surface area contributed by atoms with E-state index in [0.29, 0.717) is 16.9 Å². The molecule has 1 amide bonds. The topological polar surface area (TPSA) is 83.0 Å². The molecule has 0 atom stereocenters. The van der Waals surface area contributed by atoms with E-state index in [1.807, 2.05) is 60.3 Å². The molecule has 1 N–H and O–H groups in total. The van der Waals surface area contributed by atoms with Crippen molar-refractivity contribution in [1.82, 2.24) is 9.47 Å². The van der Waals surface area contributed by atoms with Crippen LogP contribution < -0.4 is 4.74 Å². The summed E-state index contributed by atoms with van der Waals surface area (Å²) in [4.78, 5) is 18.2. The summed E-state index contributed by atoms with van der Waals surface area (Å²) in [5.41, 5.74) is 1.95. The zero-order chi connectivity index (χ0) is 19.7. The highest BCUT2D eigenvalue weighted by atomic mass is 32.2. The van der Waals surface area contributed by atoms with Crippen LogP contribution in [0, 0.1) is 5.41 Å². The molecule has 2 aliphatic rings. The van der Waals surface area contributed by atoms with Crippen molar-refractivity contribution in [3.8, 4) is 11.4 Å². The molecule has 2 aromatic rings. The largest absolute Gasteiger partial charge is 0.494 e. The Kier molecular flexibility index (Phi) is 5.10. The number of nitrogens with one attached hydrogen (secondary N) is 1. The molecule has 0 spiro atoms. The van der Waals surface area contributed by atoms with Crippen LogP contribution in [0.2, 0.25) is 0 Å². The van der Waals surface area contributed by atoms with Crippen LogP contribution in [0.5, 0.6) is 5.75 Å². The number of rotatable bonds is 4. The lowest BCUT2D eigenvalue weighted by Gasteiger charge is -2.23. The molecule has 7 nitrogen and oxygen atoms in total. The predicted molar refractivity (Wildman–Crippen MR) is 115 cm³/mol. The summed E-state index contributed by atoms with van der Waals surface area (Å²) in [5.74, 6) is 0.466. The van der Waals surface area contributed by atoms with Gasteiger partial charge in [0.15, 0.2) is 5.17 Å². The second-order valence-electron chi connectivity index (χ2n) is 5.84. The number of amides is 1. The van der Waals surface area contributed by atoms with E-state index in [4.69, 9.17) is 10.1 Å². The summed E-state index contributed by atoms with van der Waals surface area (Å²) in [7, 11) is 0. The molecule has 28 heavy (non-hydrogen) atoms. The van der Waals surface area contributed by atoms with Gasteiger partial charge in [0.25, 0.3) is 5.91 Å². The van der Waals surface area contributed by atoms with Crippen LogP contribution in [-0.2, 0) is 4.79 Å². The number of hydrogen-bond donors (Lipinski definition) is 1. The SMILES string of the molecule is CCOc1ccc(-n2cccc2/C=C2/C(=N)N3C(SC)=NSC3=NC2=O)cc1. The second-order valence-corrected chi connectivity index (χ2v) is 7.34. The first-order chi connectivity index (χ1) is 13.6. The molecular formula is C19H17N5O2S2. The van der Waals surface area contributed by atoms with Gasteiger partial charge in [-0.05, 0) is 55.7 Å². The van der Waals surface area contributed by atoms with E-state index in [1.165, 1.54) is 11.8 Å². The Morgan fingerprint density at radius 2 is 2.07 bits per heavy atom. The third-order valence-electron chi connectivity index (χ3n) is 4.18. The Morgan fingerprint density at radius 1 is 1.29 bits per heavy atom. The maximum Gasteiger partial charge on any atom is 0.283 e. The molecule has 0 saturated carbocycles. The first kappa shape index (κ1) is 18.6. The lowest BCUT2D eigenvalue weighted by Crippen LogP contribution is -2.41. The molecule has 0 saturated heterocycles. The van der Waals surface area contributed by atoms with Crippen LogP contribution in [0.1, 0.15) is 12.6 Å². The molecule has 0 fully saturated rings. The molecule has 0 bridgehead atoms. The van der Waals surface area contributed by atoms with Crippen molar-refractivity contribution in [2.45, 2.75) is 6.92 Å². The first-order valence-electron chi connectivity index (χ1n) is 8.55. The van der Waals surface area contributed by atoms with Crippen LogP contribution in [0.4, 0.5) is 0 Å². The van der Waals surface area contributed by atoms with Crippen LogP contribution in [0.3, 0.4) is 0 Å². The summed E-state index contributed by atoms with van der Waals surface area (Å²) in [5, 5.41) is 9.59. The highest BCUT2D eigenvalue weighted by molar-refractivity contribution is 8.18. The van der Waals surface area contributed by atoms with E-state index >= 15 is 0 Å². The number of fused-ring (bicyclic) bond motifs is 1. The van der Waals surface area contributed by atoms with Crippen molar-refractivity contribution in [2.75, 3.05) is 12.9 Å². The number of amidine groups is 3. The molecular weight excluding hydrogens is 394 g/mol. The summed E-state index contributed by atoms with van der Waals surface area (Å²) in [6, 6.07) is 11.5. The van der Waals surface area contributed by atoms with Gasteiger partial charge < -0.3 is 9.30 Å². The third-order valence-corrected chi connectivity index (χ3v) is 5.63. The zero-order valence-corrected chi connectivity index (χ0v) is 16.9. The third kappa shape index (κ3) is 3.27. The molecule has 4 rings (SSSR count). The van der Waals surface area contributed by atoms with Gasteiger partial charge in [-0.25, -0.2) is 4.90 Å². The summed E-state index contributed by atoms with van der Waals surface area (Å²) >= 11 is 2.54. The molecule has 1 aromatic heterocycles. The van der Waals surface area contributed by atoms with Gasteiger partial charge in [-0.3, -0.25) is 10.2 Å². The Bertz CT molecular complexity index is 1040. The van der Waals surface area contributed by atoms with E-state index in [2.05, 4.69) is 9.39 Å². The van der Waals surface area contributed by atoms with Gasteiger partial charge in [0, 0.05) is 17.6 Å². The highest BCUT2D eigenvalue weighted by Crippen LogP contribution is 2.31. The number of carbonyl (C=O) groups is 1. The van der Waals surface area contributed by atoms with Crippen LogP contribution >= 0.6 is 23.7 Å². The maximum atomic E-state index is 12.5. The molecule has 1 aromatic carbocycles. The monoisotopic (exact) mass is 411 g/mol. The lowest BCUT2D eigenvalue weighted by molar-refractivity contribution is -0.114. The van der Waals surface area contributed by atoms with Gasteiger partial charge in [-0.2, -0.15) is 9.39 Å². The zero-order valence-electron chi connectivity index (χ0n) is 15.2. The van der Waals surface area contributed by atoms with Crippen molar-refractivity contribution in [3.63, 3.8) is 0 Å². The Hall–Kier alpha value is -2.78. The molecule has 9 heteroatoms. The molecule has 0 unspecified atom stereocenters. The van der Waals surface area contributed by atoms with Crippen molar-refractivity contribution in [3.05, 3.63) is 53.9 Å². The first-order valence-corrected chi connectivity index (χ1v) is 10.6. The Balaban J connectivity index is 1.69. The number of aromatic nitrogens is 1. The molecule has 3 heterocycles. The van der Waals surface area contributed by atoms with Crippen LogP contribution in [-0.4, -0.2) is 44.4 Å². The van der Waals surface area contributed by atoms with Gasteiger partial charge >= 0.3 is 0 Å². The minimum atomic E-state index is -0.430. The van der Waals surface area contributed by atoms with E-state index in [1.54, 1.807) is 11.0 Å². The number of ether oxygens (including phenoxy) is 1. The predicted octanol–water partition coefficient (Wildman–Crippen LogP) is 3.82.